The predicted molar refractivity (Wildman–Crippen MR) is 127 cm³/mol. The molecule has 1 aromatic carbocycles. The third kappa shape index (κ3) is 4.48. The fraction of sp³-hybridized carbons (Fsp3) is 0.640. The van der Waals surface area contributed by atoms with E-state index in [1.54, 1.807) is 0 Å². The average molecular weight is 460 g/mol. The van der Waals surface area contributed by atoms with Crippen LogP contribution in [0, 0.1) is 0 Å². The molecule has 2 heterocycles. The standard InChI is InChI=1S/C25H34ClN3O3/c1-24(2)16-30-25(32-31-24)12-9-20(10-13-25)29(19-6-4-18(27)5-7-19)23-11-14-28-22-15-17(26)3-8-21(22)23/h3,8,11,14-15,18-20H,4-7,9-10,12-13,16,27H2,1-2H3. The van der Waals surface area contributed by atoms with Crippen LogP contribution in [0.5, 0.6) is 0 Å². The number of aromatic nitrogens is 1. The lowest BCUT2D eigenvalue weighted by atomic mass is 9.84. The maximum Gasteiger partial charge on any atom is 0.201 e. The van der Waals surface area contributed by atoms with Crippen molar-refractivity contribution in [2.24, 2.45) is 5.73 Å². The van der Waals surface area contributed by atoms with Gasteiger partial charge in [0.2, 0.25) is 5.79 Å². The molecule has 6 nitrogen and oxygen atoms in total. The number of fused-ring (bicyclic) bond motifs is 1. The number of nitrogens with two attached hydrogens (primary N) is 1. The molecular weight excluding hydrogens is 426 g/mol. The number of hydrogen-bond donors (Lipinski definition) is 1. The van der Waals surface area contributed by atoms with Crippen LogP contribution in [0.4, 0.5) is 5.69 Å². The van der Waals surface area contributed by atoms with E-state index in [4.69, 9.17) is 31.8 Å². The van der Waals surface area contributed by atoms with Gasteiger partial charge in [-0.3, -0.25) is 4.98 Å². The van der Waals surface area contributed by atoms with Crippen molar-refractivity contribution in [2.75, 3.05) is 11.5 Å². The number of rotatable bonds is 3. The van der Waals surface area contributed by atoms with E-state index < -0.39 is 11.4 Å². The Morgan fingerprint density at radius 1 is 1.00 bits per heavy atom. The van der Waals surface area contributed by atoms with E-state index in [0.717, 1.165) is 62.3 Å². The maximum absolute atomic E-state index is 6.26. The molecule has 3 fully saturated rings. The quantitative estimate of drug-likeness (QED) is 0.623. The van der Waals surface area contributed by atoms with Gasteiger partial charge in [0, 0.05) is 53.3 Å². The van der Waals surface area contributed by atoms with Gasteiger partial charge in [-0.1, -0.05) is 11.6 Å². The molecule has 0 amide bonds. The van der Waals surface area contributed by atoms with Crippen LogP contribution in [0.15, 0.2) is 30.5 Å². The van der Waals surface area contributed by atoms with Crippen LogP contribution in [0.25, 0.3) is 10.9 Å². The van der Waals surface area contributed by atoms with Gasteiger partial charge in [-0.2, -0.15) is 0 Å². The third-order valence-corrected chi connectivity index (χ3v) is 7.54. The zero-order chi connectivity index (χ0) is 22.3. The number of anilines is 1. The summed E-state index contributed by atoms with van der Waals surface area (Å²) in [4.78, 5) is 18.7. The van der Waals surface area contributed by atoms with Gasteiger partial charge in [0.15, 0.2) is 0 Å². The average Bonchev–Trinajstić information content (AvgIpc) is 2.79. The van der Waals surface area contributed by atoms with Gasteiger partial charge in [0.25, 0.3) is 0 Å². The molecule has 5 rings (SSSR count). The van der Waals surface area contributed by atoms with Crippen molar-refractivity contribution >= 4 is 28.2 Å². The summed E-state index contributed by atoms with van der Waals surface area (Å²) in [5.74, 6) is -0.611. The van der Waals surface area contributed by atoms with Crippen molar-refractivity contribution in [3.63, 3.8) is 0 Å². The number of hydrogen-bond acceptors (Lipinski definition) is 6. The first-order valence-electron chi connectivity index (χ1n) is 11.9. The maximum atomic E-state index is 6.26. The fourth-order valence-corrected chi connectivity index (χ4v) is 5.66. The molecule has 7 heteroatoms. The molecule has 174 valence electrons. The van der Waals surface area contributed by atoms with Gasteiger partial charge >= 0.3 is 0 Å². The van der Waals surface area contributed by atoms with Gasteiger partial charge in [-0.25, -0.2) is 9.78 Å². The summed E-state index contributed by atoms with van der Waals surface area (Å²) in [5, 5.41) is 1.87. The van der Waals surface area contributed by atoms with Crippen molar-refractivity contribution in [3.05, 3.63) is 35.5 Å². The Balaban J connectivity index is 1.42. The summed E-state index contributed by atoms with van der Waals surface area (Å²) in [5.41, 5.74) is 8.04. The number of benzene rings is 1. The van der Waals surface area contributed by atoms with Crippen LogP contribution >= 0.6 is 11.6 Å². The van der Waals surface area contributed by atoms with Gasteiger partial charge in [-0.05, 0) is 76.6 Å². The highest BCUT2D eigenvalue weighted by Gasteiger charge is 2.46. The van der Waals surface area contributed by atoms with Crippen LogP contribution < -0.4 is 10.6 Å². The van der Waals surface area contributed by atoms with Crippen molar-refractivity contribution in [1.29, 1.82) is 0 Å². The Labute approximate surface area is 195 Å². The van der Waals surface area contributed by atoms with Gasteiger partial charge in [0.05, 0.1) is 12.1 Å². The van der Waals surface area contributed by atoms with E-state index in [1.807, 2.05) is 32.2 Å². The number of nitrogens with zero attached hydrogens (tertiary/aromatic N) is 2. The van der Waals surface area contributed by atoms with E-state index in [2.05, 4.69) is 22.0 Å². The SMILES string of the molecule is CC1(C)COC2(CCC(N(c3ccnc4cc(Cl)ccc34)C3CCC(N)CC3)CC2)OO1. The molecule has 0 radical (unpaired) electrons. The minimum absolute atomic E-state index is 0.320. The molecule has 2 N–H and O–H groups in total. The Bertz CT molecular complexity index is 941. The second-order valence-corrected chi connectivity index (χ2v) is 10.8. The molecule has 0 unspecified atom stereocenters. The molecule has 1 spiro atoms. The molecule has 2 aromatic rings. The van der Waals surface area contributed by atoms with E-state index in [0.29, 0.717) is 29.8 Å². The van der Waals surface area contributed by atoms with Crippen molar-refractivity contribution < 1.29 is 14.5 Å². The number of halogens is 1. The highest BCUT2D eigenvalue weighted by molar-refractivity contribution is 6.31. The third-order valence-electron chi connectivity index (χ3n) is 7.31. The largest absolute Gasteiger partial charge is 0.365 e. The molecule has 1 aromatic heterocycles. The Morgan fingerprint density at radius 2 is 1.72 bits per heavy atom. The zero-order valence-electron chi connectivity index (χ0n) is 19.1. The lowest BCUT2D eigenvalue weighted by Crippen LogP contribution is -2.55. The van der Waals surface area contributed by atoms with Gasteiger partial charge in [0.1, 0.15) is 5.60 Å². The lowest BCUT2D eigenvalue weighted by Gasteiger charge is -2.49. The summed E-state index contributed by atoms with van der Waals surface area (Å²) in [6.45, 7) is 4.53. The number of pyridine rings is 1. The van der Waals surface area contributed by atoms with Crippen molar-refractivity contribution in [2.45, 2.75) is 94.7 Å². The smallest absolute Gasteiger partial charge is 0.201 e. The normalized spacial score (nSPS) is 32.8. The molecule has 3 aliphatic rings. The Morgan fingerprint density at radius 3 is 2.41 bits per heavy atom. The molecule has 2 saturated carbocycles. The first-order valence-corrected chi connectivity index (χ1v) is 12.3. The van der Waals surface area contributed by atoms with Crippen LogP contribution in [-0.4, -0.2) is 41.1 Å². The predicted octanol–water partition coefficient (Wildman–Crippen LogP) is 5.36. The second kappa shape index (κ2) is 8.73. The Hall–Kier alpha value is -1.44. The monoisotopic (exact) mass is 459 g/mol. The molecule has 1 aliphatic heterocycles. The van der Waals surface area contributed by atoms with Crippen LogP contribution in [0.3, 0.4) is 0 Å². The van der Waals surface area contributed by atoms with Crippen LogP contribution in [0.1, 0.15) is 65.2 Å². The summed E-state index contributed by atoms with van der Waals surface area (Å²) in [6.07, 6.45) is 9.91. The minimum atomic E-state index is -0.611. The van der Waals surface area contributed by atoms with E-state index >= 15 is 0 Å². The molecule has 32 heavy (non-hydrogen) atoms. The van der Waals surface area contributed by atoms with E-state index in [9.17, 15) is 0 Å². The van der Waals surface area contributed by atoms with Crippen molar-refractivity contribution in [1.82, 2.24) is 4.98 Å². The van der Waals surface area contributed by atoms with E-state index in [1.165, 1.54) is 5.69 Å². The first kappa shape index (κ1) is 22.4. The highest BCUT2D eigenvalue weighted by atomic mass is 35.5. The summed E-state index contributed by atoms with van der Waals surface area (Å²) >= 11 is 6.26. The first-order chi connectivity index (χ1) is 15.3. The molecule has 0 bridgehead atoms. The van der Waals surface area contributed by atoms with Crippen LogP contribution in [-0.2, 0) is 14.5 Å². The summed E-state index contributed by atoms with van der Waals surface area (Å²) < 4.78 is 6.19. The molecule has 0 atom stereocenters. The summed E-state index contributed by atoms with van der Waals surface area (Å²) in [7, 11) is 0. The van der Waals surface area contributed by atoms with Crippen molar-refractivity contribution in [3.8, 4) is 0 Å². The van der Waals surface area contributed by atoms with E-state index in [-0.39, 0.29) is 0 Å². The lowest BCUT2D eigenvalue weighted by molar-refractivity contribution is -0.511. The van der Waals surface area contributed by atoms with Gasteiger partial charge < -0.3 is 15.4 Å². The number of ether oxygens (including phenoxy) is 1. The minimum Gasteiger partial charge on any atom is -0.365 e. The topological polar surface area (TPSA) is 69.8 Å². The molecule has 1 saturated heterocycles. The fourth-order valence-electron chi connectivity index (χ4n) is 5.49. The zero-order valence-corrected chi connectivity index (χ0v) is 19.8. The second-order valence-electron chi connectivity index (χ2n) is 10.3. The molecule has 2 aliphatic carbocycles. The van der Waals surface area contributed by atoms with Gasteiger partial charge in [-0.15, -0.1) is 0 Å². The molecular formula is C25H34ClN3O3. The van der Waals surface area contributed by atoms with Crippen LogP contribution in [0.2, 0.25) is 5.02 Å². The Kier molecular flexibility index (Phi) is 6.10. The summed E-state index contributed by atoms with van der Waals surface area (Å²) in [6, 6.07) is 9.38. The highest BCUT2D eigenvalue weighted by Crippen LogP contribution is 2.43.